The number of nitrogen functional groups attached to an aromatic ring is 1. The normalized spacial score (nSPS) is 10.8. The summed E-state index contributed by atoms with van der Waals surface area (Å²) in [5.41, 5.74) is 7.69. The summed E-state index contributed by atoms with van der Waals surface area (Å²) < 4.78 is 19.5. The van der Waals surface area contributed by atoms with E-state index in [1.165, 1.54) is 12.1 Å². The molecule has 0 bridgehead atoms. The van der Waals surface area contributed by atoms with Crippen LogP contribution in [-0.4, -0.2) is 4.98 Å². The van der Waals surface area contributed by atoms with E-state index < -0.39 is 5.82 Å². The Morgan fingerprint density at radius 2 is 1.95 bits per heavy atom. The second-order valence-electron chi connectivity index (χ2n) is 4.69. The van der Waals surface area contributed by atoms with Gasteiger partial charge in [-0.3, -0.25) is 0 Å². The van der Waals surface area contributed by atoms with Crippen molar-refractivity contribution in [1.29, 1.82) is 0 Å². The average Bonchev–Trinajstić information content (AvgIpc) is 2.45. The maximum absolute atomic E-state index is 13.4. The first-order chi connectivity index (χ1) is 10.0. The number of fused-ring (bicyclic) bond motifs is 1. The van der Waals surface area contributed by atoms with E-state index in [1.807, 2.05) is 37.3 Å². The van der Waals surface area contributed by atoms with Crippen molar-refractivity contribution in [2.45, 2.75) is 6.92 Å². The van der Waals surface area contributed by atoms with Gasteiger partial charge in [-0.15, -0.1) is 0 Å². The van der Waals surface area contributed by atoms with Crippen molar-refractivity contribution in [1.82, 2.24) is 4.98 Å². The predicted octanol–water partition coefficient (Wildman–Crippen LogP) is 4.82. The molecule has 3 rings (SSSR count). The van der Waals surface area contributed by atoms with Crippen molar-refractivity contribution >= 4 is 32.5 Å². The van der Waals surface area contributed by atoms with Crippen LogP contribution >= 0.6 is 15.9 Å². The van der Waals surface area contributed by atoms with E-state index in [9.17, 15) is 4.39 Å². The number of anilines is 1. The molecule has 0 saturated carbocycles. The fourth-order valence-corrected chi connectivity index (χ4v) is 2.37. The lowest BCUT2D eigenvalue weighted by molar-refractivity contribution is 0.487. The highest BCUT2D eigenvalue weighted by atomic mass is 79.9. The summed E-state index contributed by atoms with van der Waals surface area (Å²) in [6.45, 7) is 1.92. The molecular formula is C16H12BrFN2O. The zero-order valence-corrected chi connectivity index (χ0v) is 12.8. The van der Waals surface area contributed by atoms with Crippen LogP contribution in [0.5, 0.6) is 11.5 Å². The molecule has 21 heavy (non-hydrogen) atoms. The van der Waals surface area contributed by atoms with Crippen LogP contribution in [0.1, 0.15) is 5.69 Å². The molecule has 0 aliphatic rings. The number of nitrogens with two attached hydrogens (primary N) is 1. The topological polar surface area (TPSA) is 48.1 Å². The summed E-state index contributed by atoms with van der Waals surface area (Å²) in [5.74, 6) is 0.548. The highest BCUT2D eigenvalue weighted by Gasteiger charge is 2.10. The Bertz CT molecular complexity index is 836. The minimum absolute atomic E-state index is 0.236. The highest BCUT2D eigenvalue weighted by Crippen LogP contribution is 2.34. The Morgan fingerprint density at radius 3 is 2.76 bits per heavy atom. The molecule has 0 unspecified atom stereocenters. The van der Waals surface area contributed by atoms with Crippen molar-refractivity contribution in [2.24, 2.45) is 0 Å². The Kier molecular flexibility index (Phi) is 3.51. The third-order valence-corrected chi connectivity index (χ3v) is 3.70. The van der Waals surface area contributed by atoms with Crippen molar-refractivity contribution in [3.05, 3.63) is 58.4 Å². The van der Waals surface area contributed by atoms with Crippen molar-refractivity contribution in [3.8, 4) is 11.5 Å². The SMILES string of the molecule is Cc1ccc2cccc(Oc3cc(Br)c(F)cc3N)c2n1. The van der Waals surface area contributed by atoms with Gasteiger partial charge in [0.25, 0.3) is 0 Å². The van der Waals surface area contributed by atoms with Gasteiger partial charge < -0.3 is 10.5 Å². The zero-order valence-electron chi connectivity index (χ0n) is 11.2. The maximum Gasteiger partial charge on any atom is 0.153 e. The smallest absolute Gasteiger partial charge is 0.153 e. The van der Waals surface area contributed by atoms with Crippen LogP contribution in [0.15, 0.2) is 46.9 Å². The van der Waals surface area contributed by atoms with E-state index in [4.69, 9.17) is 10.5 Å². The molecule has 0 radical (unpaired) electrons. The zero-order chi connectivity index (χ0) is 15.0. The molecule has 0 atom stereocenters. The third-order valence-electron chi connectivity index (χ3n) is 3.10. The number of rotatable bonds is 2. The van der Waals surface area contributed by atoms with Crippen molar-refractivity contribution in [2.75, 3.05) is 5.73 Å². The number of hydrogen-bond acceptors (Lipinski definition) is 3. The molecule has 0 spiro atoms. The first-order valence-corrected chi connectivity index (χ1v) is 7.12. The van der Waals surface area contributed by atoms with Gasteiger partial charge in [0, 0.05) is 23.2 Å². The largest absolute Gasteiger partial charge is 0.453 e. The van der Waals surface area contributed by atoms with Crippen molar-refractivity contribution in [3.63, 3.8) is 0 Å². The van der Waals surface area contributed by atoms with Crippen LogP contribution in [-0.2, 0) is 0 Å². The molecule has 1 aromatic heterocycles. The summed E-state index contributed by atoms with van der Waals surface area (Å²) >= 11 is 3.13. The summed E-state index contributed by atoms with van der Waals surface area (Å²) in [7, 11) is 0. The van der Waals surface area contributed by atoms with Gasteiger partial charge in [0.2, 0.25) is 0 Å². The molecule has 2 N–H and O–H groups in total. The van der Waals surface area contributed by atoms with Gasteiger partial charge in [0.05, 0.1) is 10.2 Å². The molecule has 0 amide bonds. The quantitative estimate of drug-likeness (QED) is 0.676. The van der Waals surface area contributed by atoms with Gasteiger partial charge in [0.1, 0.15) is 11.3 Å². The number of benzene rings is 2. The van der Waals surface area contributed by atoms with Gasteiger partial charge in [-0.1, -0.05) is 18.2 Å². The van der Waals surface area contributed by atoms with E-state index in [0.717, 1.165) is 16.6 Å². The average molecular weight is 347 g/mol. The number of aryl methyl sites for hydroxylation is 1. The van der Waals surface area contributed by atoms with Crippen LogP contribution in [0, 0.1) is 12.7 Å². The minimum atomic E-state index is -0.424. The molecule has 0 saturated heterocycles. The minimum Gasteiger partial charge on any atom is -0.453 e. The summed E-state index contributed by atoms with van der Waals surface area (Å²) in [5, 5.41) is 0.970. The first-order valence-electron chi connectivity index (χ1n) is 6.33. The van der Waals surface area contributed by atoms with Crippen LogP contribution in [0.3, 0.4) is 0 Å². The highest BCUT2D eigenvalue weighted by molar-refractivity contribution is 9.10. The molecule has 3 nitrogen and oxygen atoms in total. The fourth-order valence-electron chi connectivity index (χ4n) is 2.05. The van der Waals surface area contributed by atoms with Crippen LogP contribution in [0.2, 0.25) is 0 Å². The lowest BCUT2D eigenvalue weighted by atomic mass is 10.2. The fraction of sp³-hybridized carbons (Fsp3) is 0.0625. The summed E-state index contributed by atoms with van der Waals surface area (Å²) in [6, 6.07) is 12.3. The third kappa shape index (κ3) is 2.69. The second kappa shape index (κ2) is 5.33. The Hall–Kier alpha value is -2.14. The Labute approximate surface area is 129 Å². The maximum atomic E-state index is 13.4. The van der Waals surface area contributed by atoms with E-state index in [2.05, 4.69) is 20.9 Å². The van der Waals surface area contributed by atoms with Crippen LogP contribution < -0.4 is 10.5 Å². The number of aromatic nitrogens is 1. The lowest BCUT2D eigenvalue weighted by Crippen LogP contribution is -1.95. The van der Waals surface area contributed by atoms with Crippen LogP contribution in [0.4, 0.5) is 10.1 Å². The number of ether oxygens (including phenoxy) is 1. The number of pyridine rings is 1. The summed E-state index contributed by atoms with van der Waals surface area (Å²) in [6.07, 6.45) is 0. The molecule has 0 fully saturated rings. The van der Waals surface area contributed by atoms with E-state index in [-0.39, 0.29) is 5.69 Å². The molecule has 2 aromatic carbocycles. The van der Waals surface area contributed by atoms with E-state index in [0.29, 0.717) is 16.0 Å². The molecule has 0 aliphatic carbocycles. The van der Waals surface area contributed by atoms with Gasteiger partial charge >= 0.3 is 0 Å². The number of halogens is 2. The number of para-hydroxylation sites is 1. The molecular weight excluding hydrogens is 335 g/mol. The van der Waals surface area contributed by atoms with Gasteiger partial charge in [-0.25, -0.2) is 9.37 Å². The molecule has 106 valence electrons. The van der Waals surface area contributed by atoms with Crippen LogP contribution in [0.25, 0.3) is 10.9 Å². The first kappa shape index (κ1) is 13.8. The second-order valence-corrected chi connectivity index (χ2v) is 5.54. The van der Waals surface area contributed by atoms with Crippen molar-refractivity contribution < 1.29 is 9.13 Å². The van der Waals surface area contributed by atoms with Gasteiger partial charge in [-0.05, 0) is 35.0 Å². The summed E-state index contributed by atoms with van der Waals surface area (Å²) in [4.78, 5) is 4.49. The lowest BCUT2D eigenvalue weighted by Gasteiger charge is -2.11. The van der Waals surface area contributed by atoms with E-state index in [1.54, 1.807) is 0 Å². The van der Waals surface area contributed by atoms with E-state index >= 15 is 0 Å². The number of hydrogen-bond donors (Lipinski definition) is 1. The molecule has 1 heterocycles. The molecule has 0 aliphatic heterocycles. The molecule has 5 heteroatoms. The Balaban J connectivity index is 2.10. The Morgan fingerprint density at radius 1 is 1.14 bits per heavy atom. The molecule has 3 aromatic rings. The monoisotopic (exact) mass is 346 g/mol. The standard InChI is InChI=1S/C16H12BrFN2O/c1-9-5-6-10-3-2-4-14(16(10)20-9)21-15-7-11(17)12(18)8-13(15)19/h2-8H,19H2,1H3. The van der Waals surface area contributed by atoms with Gasteiger partial charge in [0.15, 0.2) is 11.5 Å². The van der Waals surface area contributed by atoms with Gasteiger partial charge in [-0.2, -0.15) is 0 Å². The number of nitrogens with zero attached hydrogens (tertiary/aromatic N) is 1. The predicted molar refractivity (Wildman–Crippen MR) is 85.1 cm³/mol.